The predicted octanol–water partition coefficient (Wildman–Crippen LogP) is 3.42. The minimum Gasteiger partial charge on any atom is -0.486 e. The topological polar surface area (TPSA) is 72.7 Å². The molecule has 0 aliphatic carbocycles. The lowest BCUT2D eigenvalue weighted by atomic mass is 10.1. The number of rotatable bonds is 6. The summed E-state index contributed by atoms with van der Waals surface area (Å²) < 4.78 is 13.2. The summed E-state index contributed by atoms with van der Waals surface area (Å²) in [6.07, 6.45) is 1.69. The number of hydrogen-bond acceptors (Lipinski definition) is 4. The number of halogens is 2. The van der Waals surface area contributed by atoms with E-state index < -0.39 is 0 Å². The van der Waals surface area contributed by atoms with Gasteiger partial charge in [-0.1, -0.05) is 11.6 Å². The summed E-state index contributed by atoms with van der Waals surface area (Å²) >= 11 is 6.32. The lowest BCUT2D eigenvalue weighted by molar-refractivity contribution is 0.171. The maximum Gasteiger partial charge on any atom is 0.191 e. The van der Waals surface area contributed by atoms with Crippen molar-refractivity contribution in [2.24, 2.45) is 12.0 Å². The van der Waals surface area contributed by atoms with Crippen LogP contribution in [0.1, 0.15) is 29.4 Å². The van der Waals surface area contributed by atoms with E-state index in [1.807, 2.05) is 23.9 Å². The highest BCUT2D eigenvalue weighted by Gasteiger charge is 2.17. The minimum absolute atomic E-state index is 0. The van der Waals surface area contributed by atoms with Crippen LogP contribution in [0.2, 0.25) is 5.02 Å². The standard InChI is InChI=1S/C21H30ClN5O2.HI/c1-13(10-17-14(2)26-27(5)15(17)3)25-21(23-4)24-7-6-16-11-18(22)20-19(12-16)28-8-9-29-20;/h11-13H,6-10H2,1-5H3,(H2,23,24,25);1H. The molecule has 1 aromatic heterocycles. The van der Waals surface area contributed by atoms with Crippen molar-refractivity contribution < 1.29 is 9.47 Å². The van der Waals surface area contributed by atoms with Gasteiger partial charge in [0.2, 0.25) is 0 Å². The molecular weight excluding hydrogens is 517 g/mol. The Hall–Kier alpha value is -1.68. The van der Waals surface area contributed by atoms with Gasteiger partial charge in [-0.05, 0) is 56.9 Å². The number of nitrogens with one attached hydrogen (secondary N) is 2. The maximum atomic E-state index is 6.32. The first-order valence-corrected chi connectivity index (χ1v) is 10.3. The normalized spacial score (nSPS) is 14.1. The van der Waals surface area contributed by atoms with E-state index in [4.69, 9.17) is 21.1 Å². The van der Waals surface area contributed by atoms with Gasteiger partial charge in [0.05, 0.1) is 10.7 Å². The van der Waals surface area contributed by atoms with Crippen LogP contribution in [0, 0.1) is 13.8 Å². The van der Waals surface area contributed by atoms with Gasteiger partial charge >= 0.3 is 0 Å². The Labute approximate surface area is 200 Å². The molecule has 1 unspecified atom stereocenters. The summed E-state index contributed by atoms with van der Waals surface area (Å²) in [5, 5.41) is 11.9. The van der Waals surface area contributed by atoms with Crippen LogP contribution >= 0.6 is 35.6 Å². The highest BCUT2D eigenvalue weighted by Crippen LogP contribution is 2.38. The van der Waals surface area contributed by atoms with Crippen LogP contribution in [0.25, 0.3) is 0 Å². The highest BCUT2D eigenvalue weighted by molar-refractivity contribution is 14.0. The van der Waals surface area contributed by atoms with E-state index in [0.29, 0.717) is 24.0 Å². The fraction of sp³-hybridized carbons (Fsp3) is 0.524. The molecule has 2 heterocycles. The third kappa shape index (κ3) is 5.94. The second-order valence-corrected chi connectivity index (χ2v) is 7.78. The molecule has 0 radical (unpaired) electrons. The molecule has 1 aliphatic rings. The molecule has 2 N–H and O–H groups in total. The SMILES string of the molecule is CN=C(NCCc1cc(Cl)c2c(c1)OCCO2)NC(C)Cc1c(C)nn(C)c1C.I. The van der Waals surface area contributed by atoms with Crippen LogP contribution in [-0.2, 0) is 19.9 Å². The first-order chi connectivity index (χ1) is 13.9. The molecule has 30 heavy (non-hydrogen) atoms. The molecule has 0 amide bonds. The van der Waals surface area contributed by atoms with Gasteiger partial charge in [-0.3, -0.25) is 9.67 Å². The van der Waals surface area contributed by atoms with E-state index in [0.717, 1.165) is 42.4 Å². The lowest BCUT2D eigenvalue weighted by Crippen LogP contribution is -2.43. The van der Waals surface area contributed by atoms with Gasteiger partial charge < -0.3 is 20.1 Å². The molecule has 1 aromatic carbocycles. The number of guanidine groups is 1. The van der Waals surface area contributed by atoms with Gasteiger partial charge in [0.25, 0.3) is 0 Å². The smallest absolute Gasteiger partial charge is 0.191 e. The number of aryl methyl sites for hydroxylation is 2. The zero-order valence-corrected chi connectivity index (χ0v) is 21.3. The third-order valence-corrected chi connectivity index (χ3v) is 5.42. The van der Waals surface area contributed by atoms with E-state index in [-0.39, 0.29) is 30.0 Å². The zero-order valence-electron chi connectivity index (χ0n) is 18.2. The van der Waals surface area contributed by atoms with E-state index in [2.05, 4.69) is 41.5 Å². The predicted molar refractivity (Wildman–Crippen MR) is 132 cm³/mol. The zero-order chi connectivity index (χ0) is 21.0. The molecule has 166 valence electrons. The Morgan fingerprint density at radius 1 is 1.30 bits per heavy atom. The van der Waals surface area contributed by atoms with E-state index in [1.54, 1.807) is 7.05 Å². The molecule has 0 bridgehead atoms. The molecule has 7 nitrogen and oxygen atoms in total. The third-order valence-electron chi connectivity index (χ3n) is 5.14. The Morgan fingerprint density at radius 2 is 2.03 bits per heavy atom. The minimum atomic E-state index is 0. The number of aliphatic imine (C=N–C) groups is 1. The molecule has 0 spiro atoms. The van der Waals surface area contributed by atoms with Crippen molar-refractivity contribution in [1.82, 2.24) is 20.4 Å². The van der Waals surface area contributed by atoms with Gasteiger partial charge in [0.15, 0.2) is 17.5 Å². The van der Waals surface area contributed by atoms with Crippen LogP contribution in [0.5, 0.6) is 11.5 Å². The summed E-state index contributed by atoms with van der Waals surface area (Å²) in [5.41, 5.74) is 4.66. The molecule has 2 aromatic rings. The summed E-state index contributed by atoms with van der Waals surface area (Å²) in [7, 11) is 3.76. The second kappa shape index (κ2) is 11.1. The largest absolute Gasteiger partial charge is 0.486 e. The molecule has 0 fully saturated rings. The summed E-state index contributed by atoms with van der Waals surface area (Å²) in [5.74, 6) is 2.14. The average molecular weight is 548 g/mol. The van der Waals surface area contributed by atoms with Gasteiger partial charge in [-0.2, -0.15) is 5.10 Å². The fourth-order valence-corrected chi connectivity index (χ4v) is 3.82. The van der Waals surface area contributed by atoms with Gasteiger partial charge in [-0.25, -0.2) is 0 Å². The van der Waals surface area contributed by atoms with E-state index >= 15 is 0 Å². The number of fused-ring (bicyclic) bond motifs is 1. The highest BCUT2D eigenvalue weighted by atomic mass is 127. The van der Waals surface area contributed by atoms with Crippen LogP contribution < -0.4 is 20.1 Å². The summed E-state index contributed by atoms with van der Waals surface area (Å²) in [4.78, 5) is 4.34. The molecule has 0 saturated carbocycles. The maximum absolute atomic E-state index is 6.32. The molecular formula is C21H31ClIN5O2. The summed E-state index contributed by atoms with van der Waals surface area (Å²) in [6.45, 7) is 8.13. The number of benzene rings is 1. The van der Waals surface area contributed by atoms with Gasteiger partial charge in [0.1, 0.15) is 13.2 Å². The second-order valence-electron chi connectivity index (χ2n) is 7.37. The van der Waals surface area contributed by atoms with E-state index in [9.17, 15) is 0 Å². The van der Waals surface area contributed by atoms with Crippen molar-refractivity contribution >= 4 is 41.5 Å². The monoisotopic (exact) mass is 547 g/mol. The quantitative estimate of drug-likeness (QED) is 0.329. The van der Waals surface area contributed by atoms with Crippen molar-refractivity contribution in [1.29, 1.82) is 0 Å². The van der Waals surface area contributed by atoms with Crippen molar-refractivity contribution in [2.75, 3.05) is 26.8 Å². The van der Waals surface area contributed by atoms with Crippen LogP contribution in [0.15, 0.2) is 17.1 Å². The first kappa shape index (κ1) is 24.6. The molecule has 3 rings (SSSR count). The van der Waals surface area contributed by atoms with Crippen molar-refractivity contribution in [3.05, 3.63) is 39.7 Å². The average Bonchev–Trinajstić information content (AvgIpc) is 2.93. The van der Waals surface area contributed by atoms with Crippen LogP contribution in [-0.4, -0.2) is 48.6 Å². The number of aromatic nitrogens is 2. The molecule has 0 saturated heterocycles. The molecule has 1 atom stereocenters. The lowest BCUT2D eigenvalue weighted by Gasteiger charge is -2.21. The Morgan fingerprint density at radius 3 is 2.70 bits per heavy atom. The number of hydrogen-bond donors (Lipinski definition) is 2. The van der Waals surface area contributed by atoms with Crippen LogP contribution in [0.4, 0.5) is 0 Å². The Balaban J connectivity index is 0.00000320. The van der Waals surface area contributed by atoms with Crippen LogP contribution in [0.3, 0.4) is 0 Å². The number of nitrogens with zero attached hydrogens (tertiary/aromatic N) is 3. The Kier molecular flexibility index (Phi) is 9.09. The first-order valence-electron chi connectivity index (χ1n) is 9.93. The summed E-state index contributed by atoms with van der Waals surface area (Å²) in [6, 6.07) is 4.16. The van der Waals surface area contributed by atoms with Crippen molar-refractivity contribution in [3.8, 4) is 11.5 Å². The van der Waals surface area contributed by atoms with Crippen molar-refractivity contribution in [2.45, 2.75) is 39.7 Å². The van der Waals surface area contributed by atoms with Crippen molar-refractivity contribution in [3.63, 3.8) is 0 Å². The molecule has 1 aliphatic heterocycles. The fourth-order valence-electron chi connectivity index (χ4n) is 3.53. The van der Waals surface area contributed by atoms with Gasteiger partial charge in [0, 0.05) is 32.4 Å². The molecule has 9 heteroatoms. The Bertz CT molecular complexity index is 900. The van der Waals surface area contributed by atoms with Gasteiger partial charge in [-0.15, -0.1) is 24.0 Å². The number of ether oxygens (including phenoxy) is 2. The van der Waals surface area contributed by atoms with E-state index in [1.165, 1.54) is 11.3 Å².